The van der Waals surface area contributed by atoms with Crippen LogP contribution >= 0.6 is 15.9 Å². The first-order chi connectivity index (χ1) is 8.79. The van der Waals surface area contributed by atoms with Gasteiger partial charge >= 0.3 is 11.7 Å². The van der Waals surface area contributed by atoms with Crippen molar-refractivity contribution in [1.29, 1.82) is 0 Å². The third kappa shape index (κ3) is 3.08. The molecule has 1 aromatic carbocycles. The van der Waals surface area contributed by atoms with Gasteiger partial charge in [-0.3, -0.25) is 14.9 Å². The minimum atomic E-state index is -0.848. The molecule has 1 N–H and O–H groups in total. The van der Waals surface area contributed by atoms with E-state index in [1.54, 1.807) is 6.92 Å². The number of anilines is 1. The molecule has 19 heavy (non-hydrogen) atoms. The van der Waals surface area contributed by atoms with E-state index in [1.807, 2.05) is 0 Å². The largest absolute Gasteiger partial charge is 0.465 e. The molecule has 0 aliphatic carbocycles. The van der Waals surface area contributed by atoms with Crippen LogP contribution in [0.2, 0.25) is 0 Å². The zero-order valence-corrected chi connectivity index (χ0v) is 12.0. The molecule has 0 aromatic heterocycles. The number of hydrogen-bond acceptors (Lipinski definition) is 5. The highest BCUT2D eigenvalue weighted by molar-refractivity contribution is 9.10. The zero-order chi connectivity index (χ0) is 14.7. The van der Waals surface area contributed by atoms with E-state index in [2.05, 4.69) is 26.0 Å². The topological polar surface area (TPSA) is 98.5 Å². The van der Waals surface area contributed by atoms with Crippen LogP contribution in [-0.2, 0) is 9.53 Å². The Bertz CT molecular complexity index is 571. The number of carbonyl (C=O) groups excluding carboxylic acids is 2. The molecule has 0 fully saturated rings. The first-order valence-electron chi connectivity index (χ1n) is 5.13. The summed E-state index contributed by atoms with van der Waals surface area (Å²) in [4.78, 5) is 33.1. The summed E-state index contributed by atoms with van der Waals surface area (Å²) < 4.78 is 4.97. The molecule has 0 atom stereocenters. The van der Waals surface area contributed by atoms with Crippen molar-refractivity contribution in [2.24, 2.45) is 0 Å². The Morgan fingerprint density at radius 2 is 2.05 bits per heavy atom. The Morgan fingerprint density at radius 1 is 1.47 bits per heavy atom. The maximum Gasteiger partial charge on any atom is 0.345 e. The Kier molecular flexibility index (Phi) is 4.60. The van der Waals surface area contributed by atoms with Crippen LogP contribution in [0.4, 0.5) is 11.4 Å². The quantitative estimate of drug-likeness (QED) is 0.521. The summed E-state index contributed by atoms with van der Waals surface area (Å²) in [5.74, 6) is -1.32. The molecule has 0 spiro atoms. The number of ether oxygens (including phenoxy) is 1. The molecule has 0 aliphatic heterocycles. The molecule has 7 nitrogen and oxygen atoms in total. The Hall–Kier alpha value is -1.96. The Morgan fingerprint density at radius 3 is 2.47 bits per heavy atom. The fraction of sp³-hybridized carbons (Fsp3) is 0.273. The molecule has 0 aliphatic rings. The highest BCUT2D eigenvalue weighted by atomic mass is 79.9. The first-order valence-corrected chi connectivity index (χ1v) is 5.92. The Labute approximate surface area is 117 Å². The normalized spacial score (nSPS) is 9.89. The van der Waals surface area contributed by atoms with Gasteiger partial charge in [0.05, 0.1) is 12.0 Å². The van der Waals surface area contributed by atoms with Crippen LogP contribution in [0, 0.1) is 17.0 Å². The van der Waals surface area contributed by atoms with Gasteiger partial charge in [0.2, 0.25) is 5.91 Å². The van der Waals surface area contributed by atoms with Crippen LogP contribution in [-0.4, -0.2) is 23.9 Å². The second-order valence-electron chi connectivity index (χ2n) is 3.68. The molecule has 0 heterocycles. The second kappa shape index (κ2) is 5.79. The van der Waals surface area contributed by atoms with Crippen molar-refractivity contribution in [3.8, 4) is 0 Å². The van der Waals surface area contributed by atoms with Crippen molar-refractivity contribution in [2.45, 2.75) is 13.8 Å². The maximum absolute atomic E-state index is 11.6. The van der Waals surface area contributed by atoms with E-state index < -0.39 is 22.5 Å². The molecule has 8 heteroatoms. The van der Waals surface area contributed by atoms with Crippen molar-refractivity contribution in [1.82, 2.24) is 0 Å². The van der Waals surface area contributed by atoms with Crippen molar-refractivity contribution in [3.05, 3.63) is 31.8 Å². The van der Waals surface area contributed by atoms with E-state index >= 15 is 0 Å². The number of rotatable bonds is 3. The fourth-order valence-corrected chi connectivity index (χ4v) is 1.95. The van der Waals surface area contributed by atoms with Crippen molar-refractivity contribution in [2.75, 3.05) is 12.4 Å². The third-order valence-corrected chi connectivity index (χ3v) is 3.21. The summed E-state index contributed by atoms with van der Waals surface area (Å²) >= 11 is 3.19. The number of nitrogens with zero attached hydrogens (tertiary/aromatic N) is 1. The highest BCUT2D eigenvalue weighted by Crippen LogP contribution is 2.37. The molecule has 0 saturated heterocycles. The van der Waals surface area contributed by atoms with Crippen molar-refractivity contribution in [3.63, 3.8) is 0 Å². The van der Waals surface area contributed by atoms with Crippen molar-refractivity contribution < 1.29 is 19.2 Å². The van der Waals surface area contributed by atoms with E-state index in [0.717, 1.165) is 7.11 Å². The van der Waals surface area contributed by atoms with Gasteiger partial charge in [0.15, 0.2) is 0 Å². The van der Waals surface area contributed by atoms with Crippen LogP contribution in [0.1, 0.15) is 22.8 Å². The number of amides is 1. The Balaban J connectivity index is 3.66. The van der Waals surface area contributed by atoms with Gasteiger partial charge in [0, 0.05) is 11.4 Å². The minimum Gasteiger partial charge on any atom is -0.465 e. The first kappa shape index (κ1) is 15.1. The molecular weight excluding hydrogens is 320 g/mol. The summed E-state index contributed by atoms with van der Waals surface area (Å²) in [5, 5.41) is 13.5. The maximum atomic E-state index is 11.6. The molecule has 0 radical (unpaired) electrons. The number of nitrogens with one attached hydrogen (secondary N) is 1. The number of methoxy groups -OCH3 is 1. The average Bonchev–Trinajstić information content (AvgIpc) is 2.32. The summed E-state index contributed by atoms with van der Waals surface area (Å²) in [7, 11) is 1.12. The van der Waals surface area contributed by atoms with Gasteiger partial charge in [-0.05, 0) is 18.6 Å². The molecule has 1 rings (SSSR count). The van der Waals surface area contributed by atoms with E-state index in [-0.39, 0.29) is 11.3 Å². The van der Waals surface area contributed by atoms with Gasteiger partial charge in [-0.15, -0.1) is 0 Å². The van der Waals surface area contributed by atoms with Crippen LogP contribution in [0.15, 0.2) is 10.5 Å². The van der Waals surface area contributed by atoms with Crippen LogP contribution in [0.5, 0.6) is 0 Å². The highest BCUT2D eigenvalue weighted by Gasteiger charge is 2.29. The number of carbonyl (C=O) groups is 2. The summed E-state index contributed by atoms with van der Waals surface area (Å²) in [6, 6.07) is 1.30. The van der Waals surface area contributed by atoms with Gasteiger partial charge < -0.3 is 10.1 Å². The minimum absolute atomic E-state index is 0.0210. The van der Waals surface area contributed by atoms with Crippen LogP contribution in [0.3, 0.4) is 0 Å². The van der Waals surface area contributed by atoms with Gasteiger partial charge in [0.25, 0.3) is 0 Å². The number of halogens is 1. The monoisotopic (exact) mass is 330 g/mol. The summed E-state index contributed by atoms with van der Waals surface area (Å²) in [6.07, 6.45) is 0. The van der Waals surface area contributed by atoms with Gasteiger partial charge in [-0.1, -0.05) is 15.9 Å². The van der Waals surface area contributed by atoms with Crippen LogP contribution < -0.4 is 5.32 Å². The smallest absolute Gasteiger partial charge is 0.345 e. The average molecular weight is 331 g/mol. The molecular formula is C11H11BrN2O5. The lowest BCUT2D eigenvalue weighted by Gasteiger charge is -2.12. The van der Waals surface area contributed by atoms with Gasteiger partial charge in [-0.25, -0.2) is 4.79 Å². The second-order valence-corrected chi connectivity index (χ2v) is 4.54. The molecule has 0 saturated carbocycles. The molecule has 102 valence electrons. The van der Waals surface area contributed by atoms with E-state index in [4.69, 9.17) is 0 Å². The lowest BCUT2D eigenvalue weighted by Crippen LogP contribution is -2.14. The number of nitro groups is 1. The lowest BCUT2D eigenvalue weighted by molar-refractivity contribution is -0.384. The van der Waals surface area contributed by atoms with E-state index in [0.29, 0.717) is 10.0 Å². The predicted octanol–water partition coefficient (Wildman–Crippen LogP) is 2.41. The summed E-state index contributed by atoms with van der Waals surface area (Å²) in [5.41, 5.74) is -0.279. The number of esters is 1. The van der Waals surface area contributed by atoms with E-state index in [9.17, 15) is 19.7 Å². The molecule has 0 unspecified atom stereocenters. The number of nitro benzene ring substituents is 1. The number of benzene rings is 1. The standard InChI is InChI=1S/C11H11BrN2O5/c1-5-8(12)4-7(11(16)19-3)10(14(17)18)9(5)13-6(2)15/h4H,1-3H3,(H,13,15). The van der Waals surface area contributed by atoms with Crippen molar-refractivity contribution >= 4 is 39.2 Å². The van der Waals surface area contributed by atoms with E-state index in [1.165, 1.54) is 13.0 Å². The van der Waals surface area contributed by atoms with Gasteiger partial charge in [0.1, 0.15) is 11.3 Å². The zero-order valence-electron chi connectivity index (χ0n) is 10.4. The summed E-state index contributed by atoms with van der Waals surface area (Å²) in [6.45, 7) is 2.81. The van der Waals surface area contributed by atoms with Gasteiger partial charge in [-0.2, -0.15) is 0 Å². The molecule has 1 amide bonds. The molecule has 0 bridgehead atoms. The third-order valence-electron chi connectivity index (χ3n) is 2.39. The number of hydrogen-bond donors (Lipinski definition) is 1. The lowest BCUT2D eigenvalue weighted by atomic mass is 10.1. The predicted molar refractivity (Wildman–Crippen MR) is 71.2 cm³/mol. The van der Waals surface area contributed by atoms with Crippen LogP contribution in [0.25, 0.3) is 0 Å². The molecule has 1 aromatic rings. The SMILES string of the molecule is COC(=O)c1cc(Br)c(C)c(NC(C)=O)c1[N+](=O)[O-]. The fourth-order valence-electron chi connectivity index (χ4n) is 1.52.